The number of thiazole rings is 1. The topological polar surface area (TPSA) is 54.0 Å². The molecule has 0 saturated heterocycles. The van der Waals surface area contributed by atoms with Crippen molar-refractivity contribution in [2.75, 3.05) is 11.9 Å². The first-order valence-corrected chi connectivity index (χ1v) is 8.52. The lowest BCUT2D eigenvalue weighted by atomic mass is 9.98. The number of halogens is 1. The molecule has 0 radical (unpaired) electrons. The van der Waals surface area contributed by atoms with E-state index in [2.05, 4.69) is 15.6 Å². The van der Waals surface area contributed by atoms with Crippen LogP contribution in [0.5, 0.6) is 0 Å². The maximum Gasteiger partial charge on any atom is 0.275 e. The number of carbonyl (C=O) groups excluding carboxylic acids is 1. The minimum atomic E-state index is -0.371. The van der Waals surface area contributed by atoms with Gasteiger partial charge in [0.05, 0.1) is 10.7 Å². The number of aromatic nitrogens is 1. The molecule has 1 aliphatic heterocycles. The van der Waals surface area contributed by atoms with Crippen molar-refractivity contribution in [3.8, 4) is 0 Å². The highest BCUT2D eigenvalue weighted by molar-refractivity contribution is 7.10. The summed E-state index contributed by atoms with van der Waals surface area (Å²) >= 11 is 1.45. The standard InChI is InChI=1S/C17H20FN3OS/c1-17(2,3)16-21-13(9-23-16)15(22)20-12-5-4-10-8-19-7-6-11(10)14(12)18/h4-5,9,19H,6-8H2,1-3H3,(H,20,22). The molecule has 4 nitrogen and oxygen atoms in total. The van der Waals surface area contributed by atoms with Crippen molar-refractivity contribution in [1.29, 1.82) is 0 Å². The number of nitrogens with zero attached hydrogens (tertiary/aromatic N) is 1. The van der Waals surface area contributed by atoms with Crippen molar-refractivity contribution < 1.29 is 9.18 Å². The summed E-state index contributed by atoms with van der Waals surface area (Å²) < 4.78 is 14.6. The smallest absolute Gasteiger partial charge is 0.275 e. The van der Waals surface area contributed by atoms with Crippen molar-refractivity contribution in [2.45, 2.75) is 39.2 Å². The summed E-state index contributed by atoms with van der Waals surface area (Å²) in [5.41, 5.74) is 2.10. The van der Waals surface area contributed by atoms with E-state index in [1.165, 1.54) is 11.3 Å². The quantitative estimate of drug-likeness (QED) is 0.885. The van der Waals surface area contributed by atoms with Crippen molar-refractivity contribution in [3.05, 3.63) is 45.2 Å². The number of benzene rings is 1. The molecular weight excluding hydrogens is 313 g/mol. The highest BCUT2D eigenvalue weighted by Gasteiger charge is 2.22. The Morgan fingerprint density at radius 2 is 2.17 bits per heavy atom. The van der Waals surface area contributed by atoms with Crippen LogP contribution in [0.3, 0.4) is 0 Å². The summed E-state index contributed by atoms with van der Waals surface area (Å²) in [6, 6.07) is 3.48. The van der Waals surface area contributed by atoms with Crippen LogP contribution in [0.2, 0.25) is 0 Å². The summed E-state index contributed by atoms with van der Waals surface area (Å²) in [4.78, 5) is 16.7. The summed E-state index contributed by atoms with van der Waals surface area (Å²) in [5, 5.41) is 8.47. The molecule has 1 aromatic heterocycles. The number of hydrogen-bond acceptors (Lipinski definition) is 4. The Hall–Kier alpha value is -1.79. The zero-order valence-electron chi connectivity index (χ0n) is 13.5. The number of anilines is 1. The number of carbonyl (C=O) groups is 1. The predicted octanol–water partition coefficient (Wildman–Crippen LogP) is 3.48. The van der Waals surface area contributed by atoms with Gasteiger partial charge in [-0.15, -0.1) is 11.3 Å². The zero-order valence-corrected chi connectivity index (χ0v) is 14.3. The van der Waals surface area contributed by atoms with Crippen molar-refractivity contribution >= 4 is 22.9 Å². The van der Waals surface area contributed by atoms with Crippen LogP contribution < -0.4 is 10.6 Å². The highest BCUT2D eigenvalue weighted by Crippen LogP contribution is 2.27. The molecular formula is C17H20FN3OS. The summed E-state index contributed by atoms with van der Waals surface area (Å²) in [7, 11) is 0. The Morgan fingerprint density at radius 1 is 1.39 bits per heavy atom. The lowest BCUT2D eigenvalue weighted by Gasteiger charge is -2.19. The Morgan fingerprint density at radius 3 is 2.87 bits per heavy atom. The van der Waals surface area contributed by atoms with Crippen molar-refractivity contribution in [2.24, 2.45) is 0 Å². The third-order valence-electron chi connectivity index (χ3n) is 3.83. The fourth-order valence-corrected chi connectivity index (χ4v) is 3.43. The van der Waals surface area contributed by atoms with Gasteiger partial charge in [0.2, 0.25) is 0 Å². The van der Waals surface area contributed by atoms with Crippen LogP contribution in [0.25, 0.3) is 0 Å². The molecule has 122 valence electrons. The molecule has 0 spiro atoms. The van der Waals surface area contributed by atoms with E-state index >= 15 is 0 Å². The molecule has 0 unspecified atom stereocenters. The van der Waals surface area contributed by atoms with Gasteiger partial charge in [0.1, 0.15) is 11.5 Å². The number of rotatable bonds is 2. The number of nitrogens with one attached hydrogen (secondary N) is 2. The Labute approximate surface area is 139 Å². The average Bonchev–Trinajstić information content (AvgIpc) is 3.00. The van der Waals surface area contributed by atoms with Crippen LogP contribution >= 0.6 is 11.3 Å². The van der Waals surface area contributed by atoms with Gasteiger partial charge in [-0.25, -0.2) is 9.37 Å². The van der Waals surface area contributed by atoms with Crippen molar-refractivity contribution in [3.63, 3.8) is 0 Å². The molecule has 2 aromatic rings. The second kappa shape index (κ2) is 6.02. The molecule has 3 rings (SSSR count). The monoisotopic (exact) mass is 333 g/mol. The Bertz CT molecular complexity index is 749. The minimum absolute atomic E-state index is 0.104. The predicted molar refractivity (Wildman–Crippen MR) is 90.6 cm³/mol. The molecule has 2 N–H and O–H groups in total. The molecule has 23 heavy (non-hydrogen) atoms. The normalized spacial score (nSPS) is 14.4. The number of amides is 1. The van der Waals surface area contributed by atoms with E-state index in [1.807, 2.05) is 26.8 Å². The fraction of sp³-hybridized carbons (Fsp3) is 0.412. The van der Waals surface area contributed by atoms with E-state index < -0.39 is 0 Å². The molecule has 1 aliphatic rings. The Balaban J connectivity index is 1.82. The van der Waals surface area contributed by atoms with E-state index in [-0.39, 0.29) is 22.8 Å². The fourth-order valence-electron chi connectivity index (χ4n) is 2.54. The molecule has 0 fully saturated rings. The largest absolute Gasteiger partial charge is 0.318 e. The van der Waals surface area contributed by atoms with Gasteiger partial charge in [-0.05, 0) is 30.2 Å². The van der Waals surface area contributed by atoms with Gasteiger partial charge < -0.3 is 10.6 Å². The molecule has 1 aromatic carbocycles. The van der Waals surface area contributed by atoms with Gasteiger partial charge in [-0.2, -0.15) is 0 Å². The van der Waals surface area contributed by atoms with Gasteiger partial charge >= 0.3 is 0 Å². The SMILES string of the molecule is CC(C)(C)c1nc(C(=O)Nc2ccc3c(c2F)CCNC3)cs1. The highest BCUT2D eigenvalue weighted by atomic mass is 32.1. The minimum Gasteiger partial charge on any atom is -0.318 e. The third kappa shape index (κ3) is 3.28. The Kier molecular flexibility index (Phi) is 4.21. The van der Waals surface area contributed by atoms with Crippen LogP contribution in [0.4, 0.5) is 10.1 Å². The van der Waals surface area contributed by atoms with Crippen LogP contribution in [0, 0.1) is 5.82 Å². The maximum atomic E-state index is 14.6. The lowest BCUT2D eigenvalue weighted by Crippen LogP contribution is -2.25. The van der Waals surface area contributed by atoms with Gasteiger partial charge in [-0.3, -0.25) is 4.79 Å². The summed E-state index contributed by atoms with van der Waals surface area (Å²) in [6.07, 6.45) is 0.635. The van der Waals surface area contributed by atoms with Gasteiger partial charge in [-0.1, -0.05) is 26.8 Å². The molecule has 2 heterocycles. The van der Waals surface area contributed by atoms with E-state index in [9.17, 15) is 9.18 Å². The maximum absolute atomic E-state index is 14.6. The number of fused-ring (bicyclic) bond motifs is 1. The first-order valence-electron chi connectivity index (χ1n) is 7.64. The van der Waals surface area contributed by atoms with E-state index in [0.717, 1.165) is 17.1 Å². The molecule has 0 atom stereocenters. The first kappa shape index (κ1) is 16.1. The third-order valence-corrected chi connectivity index (χ3v) is 5.10. The molecule has 1 amide bonds. The second-order valence-electron chi connectivity index (χ2n) is 6.73. The summed E-state index contributed by atoms with van der Waals surface area (Å²) in [6.45, 7) is 7.56. The number of hydrogen-bond donors (Lipinski definition) is 2. The lowest BCUT2D eigenvalue weighted by molar-refractivity contribution is 0.102. The van der Waals surface area contributed by atoms with E-state index in [0.29, 0.717) is 24.2 Å². The van der Waals surface area contributed by atoms with E-state index in [4.69, 9.17) is 0 Å². The molecule has 0 saturated carbocycles. The molecule has 6 heteroatoms. The van der Waals surface area contributed by atoms with Gasteiger partial charge in [0, 0.05) is 17.3 Å². The average molecular weight is 333 g/mol. The van der Waals surface area contributed by atoms with Crippen molar-refractivity contribution in [1.82, 2.24) is 10.3 Å². The van der Waals surface area contributed by atoms with Crippen LogP contribution in [-0.2, 0) is 18.4 Å². The molecule has 0 aliphatic carbocycles. The van der Waals surface area contributed by atoms with Crippen LogP contribution in [-0.4, -0.2) is 17.4 Å². The first-order chi connectivity index (χ1) is 10.9. The molecule has 0 bridgehead atoms. The summed E-state index contributed by atoms with van der Waals surface area (Å²) in [5.74, 6) is -0.701. The second-order valence-corrected chi connectivity index (χ2v) is 7.59. The van der Waals surface area contributed by atoms with Crippen LogP contribution in [0.1, 0.15) is 47.4 Å². The zero-order chi connectivity index (χ0) is 16.6. The van der Waals surface area contributed by atoms with Gasteiger partial charge in [0.15, 0.2) is 0 Å². The van der Waals surface area contributed by atoms with Crippen LogP contribution in [0.15, 0.2) is 17.5 Å². The van der Waals surface area contributed by atoms with Gasteiger partial charge in [0.25, 0.3) is 5.91 Å². The van der Waals surface area contributed by atoms with E-state index in [1.54, 1.807) is 11.4 Å².